The monoisotopic (exact) mass is 353 g/mol. The molecular formula is C19H23N5O2. The summed E-state index contributed by atoms with van der Waals surface area (Å²) in [4.78, 5) is 24.3. The minimum atomic E-state index is -0.00247. The van der Waals surface area contributed by atoms with Crippen LogP contribution in [0.3, 0.4) is 0 Å². The van der Waals surface area contributed by atoms with Crippen LogP contribution in [0.1, 0.15) is 56.2 Å². The van der Waals surface area contributed by atoms with E-state index in [0.717, 1.165) is 36.6 Å². The fourth-order valence-corrected chi connectivity index (χ4v) is 3.58. The number of hydrogen-bond donors (Lipinski definition) is 0. The zero-order valence-electron chi connectivity index (χ0n) is 15.3. The summed E-state index contributed by atoms with van der Waals surface area (Å²) in [5.41, 5.74) is 0.745. The lowest BCUT2D eigenvalue weighted by Crippen LogP contribution is -2.30. The van der Waals surface area contributed by atoms with Crippen LogP contribution in [-0.2, 0) is 13.6 Å². The standard InChI is InChI=1S/C19H23N5O2/c1-12(2)17-21-16(26-22-17)11-24-10-6-9-15(24)18-20-14-8-5-4-7-13(14)19(25)23(18)3/h4-5,7-8,12,15H,6,9-11H2,1-3H3. The van der Waals surface area contributed by atoms with Crippen LogP contribution in [0.15, 0.2) is 33.6 Å². The van der Waals surface area contributed by atoms with Gasteiger partial charge in [-0.25, -0.2) is 4.98 Å². The van der Waals surface area contributed by atoms with Crippen molar-refractivity contribution in [3.63, 3.8) is 0 Å². The van der Waals surface area contributed by atoms with Crippen molar-refractivity contribution in [3.8, 4) is 0 Å². The molecule has 1 aliphatic rings. The van der Waals surface area contributed by atoms with Gasteiger partial charge in [-0.2, -0.15) is 4.98 Å². The smallest absolute Gasteiger partial charge is 0.261 e. The van der Waals surface area contributed by atoms with E-state index in [2.05, 4.69) is 15.0 Å². The van der Waals surface area contributed by atoms with E-state index in [1.165, 1.54) is 0 Å². The van der Waals surface area contributed by atoms with E-state index in [-0.39, 0.29) is 17.5 Å². The largest absolute Gasteiger partial charge is 0.338 e. The van der Waals surface area contributed by atoms with Crippen LogP contribution in [0.5, 0.6) is 0 Å². The van der Waals surface area contributed by atoms with Crippen molar-refractivity contribution in [3.05, 3.63) is 52.2 Å². The normalized spacial score (nSPS) is 18.2. The van der Waals surface area contributed by atoms with Gasteiger partial charge in [0.05, 0.1) is 23.5 Å². The van der Waals surface area contributed by atoms with Crippen molar-refractivity contribution < 1.29 is 4.52 Å². The molecule has 0 saturated carbocycles. The van der Waals surface area contributed by atoms with Gasteiger partial charge in [-0.15, -0.1) is 0 Å². The van der Waals surface area contributed by atoms with E-state index >= 15 is 0 Å². The molecule has 0 spiro atoms. The third-order valence-corrected chi connectivity index (χ3v) is 5.02. The minimum absolute atomic E-state index is 0.00247. The third kappa shape index (κ3) is 2.92. The Morgan fingerprint density at radius 1 is 1.27 bits per heavy atom. The summed E-state index contributed by atoms with van der Waals surface area (Å²) >= 11 is 0. The van der Waals surface area contributed by atoms with E-state index < -0.39 is 0 Å². The van der Waals surface area contributed by atoms with Gasteiger partial charge in [0, 0.05) is 13.0 Å². The van der Waals surface area contributed by atoms with Crippen LogP contribution in [0.25, 0.3) is 10.9 Å². The number of hydrogen-bond acceptors (Lipinski definition) is 6. The molecule has 136 valence electrons. The summed E-state index contributed by atoms with van der Waals surface area (Å²) in [5.74, 6) is 2.39. The average Bonchev–Trinajstić information content (AvgIpc) is 3.28. The van der Waals surface area contributed by atoms with E-state index in [1.807, 2.05) is 38.1 Å². The molecule has 0 radical (unpaired) electrons. The highest BCUT2D eigenvalue weighted by Crippen LogP contribution is 2.32. The average molecular weight is 353 g/mol. The molecule has 1 saturated heterocycles. The van der Waals surface area contributed by atoms with Gasteiger partial charge in [-0.05, 0) is 31.5 Å². The molecule has 0 bridgehead atoms. The fraction of sp³-hybridized carbons (Fsp3) is 0.474. The van der Waals surface area contributed by atoms with Gasteiger partial charge >= 0.3 is 0 Å². The summed E-state index contributed by atoms with van der Waals surface area (Å²) in [6.45, 7) is 5.59. The van der Waals surface area contributed by atoms with Gasteiger partial charge in [0.15, 0.2) is 5.82 Å². The maximum Gasteiger partial charge on any atom is 0.261 e. The Bertz CT molecular complexity index is 991. The number of benzene rings is 1. The maximum absolute atomic E-state index is 12.7. The highest BCUT2D eigenvalue weighted by molar-refractivity contribution is 5.77. The molecular weight excluding hydrogens is 330 g/mol. The van der Waals surface area contributed by atoms with E-state index in [1.54, 1.807) is 11.6 Å². The van der Waals surface area contributed by atoms with Gasteiger partial charge in [0.2, 0.25) is 5.89 Å². The van der Waals surface area contributed by atoms with Crippen LogP contribution in [-0.4, -0.2) is 31.1 Å². The van der Waals surface area contributed by atoms with E-state index in [0.29, 0.717) is 17.8 Å². The SMILES string of the molecule is CC(C)c1noc(CN2CCCC2c2nc3ccccc3c(=O)n2C)n1. The van der Waals surface area contributed by atoms with Crippen LogP contribution < -0.4 is 5.56 Å². The second-order valence-electron chi connectivity index (χ2n) is 7.18. The lowest BCUT2D eigenvalue weighted by molar-refractivity contribution is 0.202. The lowest BCUT2D eigenvalue weighted by Gasteiger charge is -2.24. The summed E-state index contributed by atoms with van der Waals surface area (Å²) in [6.07, 6.45) is 2.02. The molecule has 0 N–H and O–H groups in total. The highest BCUT2D eigenvalue weighted by atomic mass is 16.5. The van der Waals surface area contributed by atoms with Gasteiger partial charge in [-0.1, -0.05) is 31.1 Å². The molecule has 0 amide bonds. The van der Waals surface area contributed by atoms with Gasteiger partial charge in [0.1, 0.15) is 5.82 Å². The number of aromatic nitrogens is 4. The van der Waals surface area contributed by atoms with E-state index in [4.69, 9.17) is 9.51 Å². The molecule has 7 heteroatoms. The second kappa shape index (κ2) is 6.64. The zero-order chi connectivity index (χ0) is 18.3. The topological polar surface area (TPSA) is 77.0 Å². The Labute approximate surface area is 151 Å². The molecule has 4 rings (SSSR count). The first-order chi connectivity index (χ1) is 12.5. The first-order valence-electron chi connectivity index (χ1n) is 9.07. The minimum Gasteiger partial charge on any atom is -0.338 e. The molecule has 2 aromatic heterocycles. The summed E-state index contributed by atoms with van der Waals surface area (Å²) in [6, 6.07) is 7.58. The van der Waals surface area contributed by atoms with Crippen molar-refractivity contribution in [1.82, 2.24) is 24.6 Å². The Kier molecular flexibility index (Phi) is 4.32. The number of likely N-dealkylation sites (tertiary alicyclic amines) is 1. The molecule has 3 heterocycles. The van der Waals surface area contributed by atoms with Crippen molar-refractivity contribution in [2.45, 2.75) is 45.2 Å². The predicted molar refractivity (Wildman–Crippen MR) is 97.8 cm³/mol. The molecule has 1 aliphatic heterocycles. The third-order valence-electron chi connectivity index (χ3n) is 5.02. The predicted octanol–water partition coefficient (Wildman–Crippen LogP) is 2.78. The van der Waals surface area contributed by atoms with E-state index in [9.17, 15) is 4.79 Å². The molecule has 3 aromatic rings. The van der Waals surface area contributed by atoms with Crippen molar-refractivity contribution in [1.29, 1.82) is 0 Å². The Hall–Kier alpha value is -2.54. The Morgan fingerprint density at radius 2 is 2.08 bits per heavy atom. The molecule has 1 fully saturated rings. The fourth-order valence-electron chi connectivity index (χ4n) is 3.58. The molecule has 1 unspecified atom stereocenters. The molecule has 1 atom stereocenters. The van der Waals surface area contributed by atoms with Gasteiger partial charge < -0.3 is 4.52 Å². The molecule has 1 aromatic carbocycles. The summed E-state index contributed by atoms with van der Waals surface area (Å²) in [5, 5.41) is 4.70. The Balaban J connectivity index is 1.67. The molecule has 0 aliphatic carbocycles. The first-order valence-corrected chi connectivity index (χ1v) is 9.07. The first kappa shape index (κ1) is 16.9. The highest BCUT2D eigenvalue weighted by Gasteiger charge is 2.31. The van der Waals surface area contributed by atoms with Crippen molar-refractivity contribution in [2.75, 3.05) is 6.54 Å². The number of rotatable bonds is 4. The van der Waals surface area contributed by atoms with Crippen LogP contribution in [0.4, 0.5) is 0 Å². The Morgan fingerprint density at radius 3 is 2.85 bits per heavy atom. The van der Waals surface area contributed by atoms with Crippen LogP contribution >= 0.6 is 0 Å². The van der Waals surface area contributed by atoms with Gasteiger partial charge in [0.25, 0.3) is 5.56 Å². The molecule has 7 nitrogen and oxygen atoms in total. The van der Waals surface area contributed by atoms with Crippen LogP contribution in [0, 0.1) is 0 Å². The lowest BCUT2D eigenvalue weighted by atomic mass is 10.1. The molecule has 26 heavy (non-hydrogen) atoms. The summed E-state index contributed by atoms with van der Waals surface area (Å²) in [7, 11) is 1.80. The van der Waals surface area contributed by atoms with Crippen molar-refractivity contribution >= 4 is 10.9 Å². The quantitative estimate of drug-likeness (QED) is 0.718. The number of nitrogens with zero attached hydrogens (tertiary/aromatic N) is 5. The summed E-state index contributed by atoms with van der Waals surface area (Å²) < 4.78 is 7.08. The van der Waals surface area contributed by atoms with Crippen LogP contribution in [0.2, 0.25) is 0 Å². The van der Waals surface area contributed by atoms with Crippen molar-refractivity contribution in [2.24, 2.45) is 7.05 Å². The number of fused-ring (bicyclic) bond motifs is 1. The maximum atomic E-state index is 12.7. The second-order valence-corrected chi connectivity index (χ2v) is 7.18. The number of para-hydroxylation sites is 1. The zero-order valence-corrected chi connectivity index (χ0v) is 15.3. The van der Waals surface area contributed by atoms with Gasteiger partial charge in [-0.3, -0.25) is 14.3 Å².